The molecule has 3 aliphatic rings. The number of carbonyl (C=O) groups excluding carboxylic acids is 1. The lowest BCUT2D eigenvalue weighted by atomic mass is 9.69. The van der Waals surface area contributed by atoms with Crippen LogP contribution in [0.1, 0.15) is 31.1 Å². The Kier molecular flexibility index (Phi) is 4.04. The minimum Gasteiger partial charge on any atom is -0.294 e. The summed E-state index contributed by atoms with van der Waals surface area (Å²) in [5, 5.41) is 2.08. The van der Waals surface area contributed by atoms with Crippen molar-refractivity contribution >= 4 is 46.7 Å². The minimum atomic E-state index is 0.146. The van der Waals surface area contributed by atoms with Crippen LogP contribution >= 0.6 is 34.9 Å². The Morgan fingerprint density at radius 2 is 2.09 bits per heavy atom. The van der Waals surface area contributed by atoms with Crippen LogP contribution in [0.2, 0.25) is 0 Å². The maximum absolute atomic E-state index is 13.0. The summed E-state index contributed by atoms with van der Waals surface area (Å²) in [6, 6.07) is 4.15. The van der Waals surface area contributed by atoms with Gasteiger partial charge in [-0.05, 0) is 48.3 Å². The van der Waals surface area contributed by atoms with E-state index in [4.69, 9.17) is 0 Å². The lowest BCUT2D eigenvalue weighted by molar-refractivity contribution is -0.120. The van der Waals surface area contributed by atoms with E-state index >= 15 is 0 Å². The van der Waals surface area contributed by atoms with E-state index in [0.29, 0.717) is 11.7 Å². The largest absolute Gasteiger partial charge is 0.294 e. The molecule has 0 aromatic carbocycles. The highest BCUT2D eigenvalue weighted by Gasteiger charge is 2.45. The normalized spacial score (nSPS) is 32.3. The maximum atomic E-state index is 13.0. The van der Waals surface area contributed by atoms with Crippen molar-refractivity contribution in [3.63, 3.8) is 0 Å². The molecule has 4 heteroatoms. The van der Waals surface area contributed by atoms with E-state index in [9.17, 15) is 4.79 Å². The molecule has 1 spiro atoms. The SMILES string of the molecule is C[C@H]1CC2(C=C3CC/C(=C/c4cccs4)C(=O)C31)SCCS2. The van der Waals surface area contributed by atoms with E-state index < -0.39 is 0 Å². The third-order valence-corrected chi connectivity index (χ3v) is 9.05. The molecule has 1 saturated carbocycles. The number of ketones is 1. The van der Waals surface area contributed by atoms with Gasteiger partial charge in [0.25, 0.3) is 0 Å². The summed E-state index contributed by atoms with van der Waals surface area (Å²) in [6.45, 7) is 2.28. The molecule has 0 amide bonds. The fraction of sp³-hybridized carbons (Fsp3) is 0.500. The summed E-state index contributed by atoms with van der Waals surface area (Å²) in [5.74, 6) is 3.51. The fourth-order valence-electron chi connectivity index (χ4n) is 3.98. The zero-order valence-corrected chi connectivity index (χ0v) is 15.2. The van der Waals surface area contributed by atoms with Gasteiger partial charge in [0, 0.05) is 22.3 Å². The standard InChI is InChI=1S/C18H20OS3/c1-12-10-18(21-7-8-22-18)11-14-5-4-13(17(19)16(12)14)9-15-3-2-6-20-15/h2-3,6,9,11-12,16H,4-5,7-8,10H2,1H3/b13-9-/t12-,16?/m0/s1. The molecule has 1 nitrogen and oxygen atoms in total. The van der Waals surface area contributed by atoms with Crippen LogP contribution in [-0.2, 0) is 4.79 Å². The summed E-state index contributed by atoms with van der Waals surface area (Å²) in [4.78, 5) is 14.2. The Labute approximate surface area is 144 Å². The molecular weight excluding hydrogens is 328 g/mol. The molecule has 0 bridgehead atoms. The lowest BCUT2D eigenvalue weighted by Crippen LogP contribution is -2.37. The highest BCUT2D eigenvalue weighted by molar-refractivity contribution is 8.21. The predicted octanol–water partition coefficient (Wildman–Crippen LogP) is 5.25. The second-order valence-electron chi connectivity index (χ2n) is 6.44. The van der Waals surface area contributed by atoms with E-state index in [-0.39, 0.29) is 10.00 Å². The van der Waals surface area contributed by atoms with Crippen molar-refractivity contribution in [1.29, 1.82) is 0 Å². The van der Waals surface area contributed by atoms with Crippen molar-refractivity contribution in [1.82, 2.24) is 0 Å². The lowest BCUT2D eigenvalue weighted by Gasteiger charge is -2.41. The summed E-state index contributed by atoms with van der Waals surface area (Å²) >= 11 is 5.90. The highest BCUT2D eigenvalue weighted by Crippen LogP contribution is 2.55. The molecular formula is C18H20OS3. The van der Waals surface area contributed by atoms with Crippen LogP contribution in [0.4, 0.5) is 0 Å². The monoisotopic (exact) mass is 348 g/mol. The van der Waals surface area contributed by atoms with E-state index in [0.717, 1.165) is 24.8 Å². The van der Waals surface area contributed by atoms with Crippen LogP contribution in [0.3, 0.4) is 0 Å². The Balaban J connectivity index is 1.64. The van der Waals surface area contributed by atoms with Crippen molar-refractivity contribution in [2.24, 2.45) is 11.8 Å². The van der Waals surface area contributed by atoms with Crippen molar-refractivity contribution < 1.29 is 4.79 Å². The molecule has 1 unspecified atom stereocenters. The van der Waals surface area contributed by atoms with Crippen LogP contribution in [0.15, 0.2) is 34.7 Å². The Morgan fingerprint density at radius 1 is 1.27 bits per heavy atom. The number of thioether (sulfide) groups is 2. The van der Waals surface area contributed by atoms with Gasteiger partial charge in [0.05, 0.1) is 4.08 Å². The second kappa shape index (κ2) is 5.88. The highest BCUT2D eigenvalue weighted by atomic mass is 32.2. The molecule has 0 N–H and O–H groups in total. The number of carbonyl (C=O) groups is 1. The molecule has 2 heterocycles. The molecule has 2 atom stereocenters. The van der Waals surface area contributed by atoms with Gasteiger partial charge in [-0.3, -0.25) is 4.79 Å². The van der Waals surface area contributed by atoms with Gasteiger partial charge in [-0.25, -0.2) is 0 Å². The topological polar surface area (TPSA) is 17.1 Å². The maximum Gasteiger partial charge on any atom is 0.166 e. The van der Waals surface area contributed by atoms with Gasteiger partial charge in [-0.1, -0.05) is 24.6 Å². The molecule has 0 radical (unpaired) electrons. The Hall–Kier alpha value is -0.450. The molecule has 1 aliphatic heterocycles. The van der Waals surface area contributed by atoms with Gasteiger partial charge >= 0.3 is 0 Å². The number of rotatable bonds is 1. The molecule has 22 heavy (non-hydrogen) atoms. The van der Waals surface area contributed by atoms with Gasteiger partial charge < -0.3 is 0 Å². The van der Waals surface area contributed by atoms with Gasteiger partial charge in [0.15, 0.2) is 5.78 Å². The van der Waals surface area contributed by atoms with Gasteiger partial charge in [0.2, 0.25) is 0 Å². The second-order valence-corrected chi connectivity index (χ2v) is 10.5. The quantitative estimate of drug-likeness (QED) is 0.509. The summed E-state index contributed by atoms with van der Waals surface area (Å²) in [7, 11) is 0. The summed E-state index contributed by atoms with van der Waals surface area (Å²) in [5.41, 5.74) is 2.47. The summed E-state index contributed by atoms with van der Waals surface area (Å²) < 4.78 is 0.278. The van der Waals surface area contributed by atoms with Crippen molar-refractivity contribution in [2.75, 3.05) is 11.5 Å². The first-order chi connectivity index (χ1) is 10.7. The van der Waals surface area contributed by atoms with Crippen molar-refractivity contribution in [3.8, 4) is 0 Å². The molecule has 1 aromatic rings. The van der Waals surface area contributed by atoms with Gasteiger partial charge in [0.1, 0.15) is 0 Å². The van der Waals surface area contributed by atoms with E-state index in [2.05, 4.69) is 60.1 Å². The number of Topliss-reactive ketones (excluding diaryl/α,β-unsaturated/α-hetero) is 1. The molecule has 4 rings (SSSR count). The van der Waals surface area contributed by atoms with E-state index in [1.165, 1.54) is 22.0 Å². The van der Waals surface area contributed by atoms with Crippen molar-refractivity contribution in [2.45, 2.75) is 30.3 Å². The zero-order chi connectivity index (χ0) is 15.2. The predicted molar refractivity (Wildman–Crippen MR) is 99.5 cm³/mol. The van der Waals surface area contributed by atoms with E-state index in [1.807, 2.05) is 0 Å². The molecule has 116 valence electrons. The Morgan fingerprint density at radius 3 is 2.82 bits per heavy atom. The average molecular weight is 349 g/mol. The first kappa shape index (κ1) is 15.1. The number of hydrogen-bond acceptors (Lipinski definition) is 4. The smallest absolute Gasteiger partial charge is 0.166 e. The molecule has 2 fully saturated rings. The van der Waals surface area contributed by atoms with Crippen LogP contribution in [0.5, 0.6) is 0 Å². The third kappa shape index (κ3) is 2.63. The van der Waals surface area contributed by atoms with Crippen LogP contribution < -0.4 is 0 Å². The Bertz CT molecular complexity index is 635. The fourth-order valence-corrected chi connectivity index (χ4v) is 8.08. The zero-order valence-electron chi connectivity index (χ0n) is 12.7. The van der Waals surface area contributed by atoms with E-state index in [1.54, 1.807) is 11.3 Å². The first-order valence-electron chi connectivity index (χ1n) is 7.95. The van der Waals surface area contributed by atoms with Crippen molar-refractivity contribution in [3.05, 3.63) is 39.6 Å². The number of allylic oxidation sites excluding steroid dienone is 2. The van der Waals surface area contributed by atoms with Crippen LogP contribution in [-0.4, -0.2) is 21.4 Å². The number of fused-ring (bicyclic) bond motifs is 1. The molecule has 1 aromatic heterocycles. The molecule has 1 saturated heterocycles. The van der Waals surface area contributed by atoms with Gasteiger partial charge in [-0.15, -0.1) is 34.9 Å². The van der Waals surface area contributed by atoms with Crippen LogP contribution in [0.25, 0.3) is 6.08 Å². The number of thiophene rings is 1. The molecule has 2 aliphatic carbocycles. The third-order valence-electron chi connectivity index (χ3n) is 4.90. The number of hydrogen-bond donors (Lipinski definition) is 0. The average Bonchev–Trinajstić information content (AvgIpc) is 3.14. The van der Waals surface area contributed by atoms with Crippen LogP contribution in [0, 0.1) is 11.8 Å². The summed E-state index contributed by atoms with van der Waals surface area (Å²) in [6.07, 6.45) is 7.73. The van der Waals surface area contributed by atoms with Gasteiger partial charge in [-0.2, -0.15) is 0 Å². The minimum absolute atomic E-state index is 0.146. The first-order valence-corrected chi connectivity index (χ1v) is 10.8.